The highest BCUT2D eigenvalue weighted by Crippen LogP contribution is 2.33. The molecule has 1 fully saturated rings. The van der Waals surface area contributed by atoms with Gasteiger partial charge in [-0.3, -0.25) is 4.90 Å². The summed E-state index contributed by atoms with van der Waals surface area (Å²) in [6.45, 7) is 2.42. The molecule has 1 saturated carbocycles. The highest BCUT2D eigenvalue weighted by atomic mass is 79.9. The first-order chi connectivity index (χ1) is 6.84. The van der Waals surface area contributed by atoms with Crippen molar-refractivity contribution in [3.05, 3.63) is 33.8 Å². The van der Waals surface area contributed by atoms with Crippen molar-refractivity contribution in [2.45, 2.75) is 31.8 Å². The van der Waals surface area contributed by atoms with E-state index in [9.17, 15) is 0 Å². The predicted octanol–water partition coefficient (Wildman–Crippen LogP) is 2.97. The van der Waals surface area contributed by atoms with Crippen molar-refractivity contribution in [1.29, 1.82) is 0 Å². The Morgan fingerprint density at radius 1 is 1.29 bits per heavy atom. The average Bonchev–Trinajstić information content (AvgIpc) is 3.01. The Bertz CT molecular complexity index is 357. The minimum Gasteiger partial charge on any atom is -0.296 e. The van der Waals surface area contributed by atoms with E-state index in [1.54, 1.807) is 0 Å². The summed E-state index contributed by atoms with van der Waals surface area (Å²) in [7, 11) is 0. The Labute approximate surface area is 93.2 Å². The van der Waals surface area contributed by atoms with Crippen LogP contribution in [0, 0.1) is 0 Å². The summed E-state index contributed by atoms with van der Waals surface area (Å²) >= 11 is 3.64. The van der Waals surface area contributed by atoms with Crippen LogP contribution in [-0.2, 0) is 13.0 Å². The second-order valence-corrected chi connectivity index (χ2v) is 5.18. The lowest BCUT2D eigenvalue weighted by molar-refractivity contribution is 0.243. The van der Waals surface area contributed by atoms with Crippen molar-refractivity contribution in [2.24, 2.45) is 0 Å². The van der Waals surface area contributed by atoms with E-state index >= 15 is 0 Å². The third kappa shape index (κ3) is 1.51. The maximum absolute atomic E-state index is 3.64. The largest absolute Gasteiger partial charge is 0.296 e. The Kier molecular flexibility index (Phi) is 2.14. The van der Waals surface area contributed by atoms with Crippen LogP contribution in [0.2, 0.25) is 0 Å². The van der Waals surface area contributed by atoms with Gasteiger partial charge in [-0.15, -0.1) is 0 Å². The maximum atomic E-state index is 3.64. The van der Waals surface area contributed by atoms with Crippen molar-refractivity contribution in [3.8, 4) is 0 Å². The highest BCUT2D eigenvalue weighted by molar-refractivity contribution is 9.10. The second-order valence-electron chi connectivity index (χ2n) is 4.33. The molecular weight excluding hydrogens is 238 g/mol. The van der Waals surface area contributed by atoms with Crippen LogP contribution < -0.4 is 0 Å². The van der Waals surface area contributed by atoms with E-state index in [4.69, 9.17) is 0 Å². The monoisotopic (exact) mass is 251 g/mol. The fourth-order valence-corrected chi connectivity index (χ4v) is 2.94. The van der Waals surface area contributed by atoms with Crippen LogP contribution in [0.15, 0.2) is 22.7 Å². The van der Waals surface area contributed by atoms with Gasteiger partial charge in [0.15, 0.2) is 0 Å². The summed E-state index contributed by atoms with van der Waals surface area (Å²) in [4.78, 5) is 2.63. The Balaban J connectivity index is 1.90. The Hall–Kier alpha value is -0.340. The first-order valence-electron chi connectivity index (χ1n) is 5.35. The average molecular weight is 252 g/mol. The van der Waals surface area contributed by atoms with Crippen LogP contribution in [0.25, 0.3) is 0 Å². The smallest absolute Gasteiger partial charge is 0.0239 e. The number of hydrogen-bond acceptors (Lipinski definition) is 1. The van der Waals surface area contributed by atoms with E-state index in [1.807, 2.05) is 0 Å². The molecule has 1 nitrogen and oxygen atoms in total. The van der Waals surface area contributed by atoms with Crippen molar-refractivity contribution < 1.29 is 0 Å². The zero-order chi connectivity index (χ0) is 9.54. The summed E-state index contributed by atoms with van der Waals surface area (Å²) in [5, 5.41) is 0. The molecule has 0 atom stereocenters. The summed E-state index contributed by atoms with van der Waals surface area (Å²) < 4.78 is 1.30. The van der Waals surface area contributed by atoms with E-state index < -0.39 is 0 Å². The molecule has 0 N–H and O–H groups in total. The van der Waals surface area contributed by atoms with Crippen molar-refractivity contribution >= 4 is 15.9 Å². The predicted molar refractivity (Wildman–Crippen MR) is 61.3 cm³/mol. The maximum Gasteiger partial charge on any atom is 0.0239 e. The SMILES string of the molecule is Brc1cccc2c1CCN(C1CC1)C2. The number of fused-ring (bicyclic) bond motifs is 1. The molecule has 0 bridgehead atoms. The van der Waals surface area contributed by atoms with Crippen LogP contribution in [0.1, 0.15) is 24.0 Å². The zero-order valence-electron chi connectivity index (χ0n) is 8.17. The van der Waals surface area contributed by atoms with E-state index in [2.05, 4.69) is 39.0 Å². The van der Waals surface area contributed by atoms with Gasteiger partial charge >= 0.3 is 0 Å². The van der Waals surface area contributed by atoms with Crippen LogP contribution in [0.3, 0.4) is 0 Å². The van der Waals surface area contributed by atoms with Gasteiger partial charge in [0.05, 0.1) is 0 Å². The molecule has 1 aromatic rings. The molecule has 1 heterocycles. The Morgan fingerprint density at radius 3 is 2.93 bits per heavy atom. The number of rotatable bonds is 1. The molecule has 2 heteroatoms. The summed E-state index contributed by atoms with van der Waals surface area (Å²) in [5.41, 5.74) is 3.06. The molecule has 0 radical (unpaired) electrons. The lowest BCUT2D eigenvalue weighted by atomic mass is 10.00. The number of hydrogen-bond donors (Lipinski definition) is 0. The molecule has 74 valence electrons. The van der Waals surface area contributed by atoms with Gasteiger partial charge in [0, 0.05) is 23.6 Å². The molecule has 1 aliphatic carbocycles. The first-order valence-corrected chi connectivity index (χ1v) is 6.14. The normalized spacial score (nSPS) is 22.1. The lowest BCUT2D eigenvalue weighted by Gasteiger charge is -2.29. The molecule has 0 unspecified atom stereocenters. The third-order valence-corrected chi connectivity index (χ3v) is 4.04. The van der Waals surface area contributed by atoms with Crippen LogP contribution in [0.4, 0.5) is 0 Å². The Morgan fingerprint density at radius 2 is 2.14 bits per heavy atom. The van der Waals surface area contributed by atoms with E-state index in [-0.39, 0.29) is 0 Å². The second kappa shape index (κ2) is 3.35. The zero-order valence-corrected chi connectivity index (χ0v) is 9.76. The van der Waals surface area contributed by atoms with E-state index in [0.717, 1.165) is 6.04 Å². The molecule has 0 spiro atoms. The van der Waals surface area contributed by atoms with Gasteiger partial charge in [-0.2, -0.15) is 0 Å². The molecule has 1 aliphatic heterocycles. The number of halogens is 1. The number of nitrogens with zero attached hydrogens (tertiary/aromatic N) is 1. The topological polar surface area (TPSA) is 3.24 Å². The van der Waals surface area contributed by atoms with Crippen LogP contribution >= 0.6 is 15.9 Å². The summed E-state index contributed by atoms with van der Waals surface area (Å²) in [6.07, 6.45) is 4.06. The molecule has 0 aromatic heterocycles. The van der Waals surface area contributed by atoms with Gasteiger partial charge in [-0.1, -0.05) is 28.1 Å². The van der Waals surface area contributed by atoms with Gasteiger partial charge in [-0.05, 0) is 36.5 Å². The molecular formula is C12H14BrN. The number of benzene rings is 1. The summed E-state index contributed by atoms with van der Waals surface area (Å²) in [6, 6.07) is 7.49. The first kappa shape index (κ1) is 8.93. The van der Waals surface area contributed by atoms with E-state index in [0.29, 0.717) is 0 Å². The van der Waals surface area contributed by atoms with Crippen molar-refractivity contribution in [2.75, 3.05) is 6.54 Å². The van der Waals surface area contributed by atoms with Gasteiger partial charge < -0.3 is 0 Å². The molecule has 0 saturated heterocycles. The third-order valence-electron chi connectivity index (χ3n) is 3.30. The molecule has 14 heavy (non-hydrogen) atoms. The minimum absolute atomic E-state index is 0.905. The van der Waals surface area contributed by atoms with Gasteiger partial charge in [-0.25, -0.2) is 0 Å². The highest BCUT2D eigenvalue weighted by Gasteiger charge is 2.31. The standard InChI is InChI=1S/C12H14BrN/c13-12-3-1-2-9-8-14(10-4-5-10)7-6-11(9)12/h1-3,10H,4-8H2. The van der Waals surface area contributed by atoms with Crippen molar-refractivity contribution in [1.82, 2.24) is 4.90 Å². The minimum atomic E-state index is 0.905. The lowest BCUT2D eigenvalue weighted by Crippen LogP contribution is -2.32. The van der Waals surface area contributed by atoms with Gasteiger partial charge in [0.1, 0.15) is 0 Å². The quantitative estimate of drug-likeness (QED) is 0.742. The van der Waals surface area contributed by atoms with Crippen LogP contribution in [0.5, 0.6) is 0 Å². The fraction of sp³-hybridized carbons (Fsp3) is 0.500. The van der Waals surface area contributed by atoms with Crippen LogP contribution in [-0.4, -0.2) is 17.5 Å². The van der Waals surface area contributed by atoms with Gasteiger partial charge in [0.25, 0.3) is 0 Å². The molecule has 0 amide bonds. The van der Waals surface area contributed by atoms with Gasteiger partial charge in [0.2, 0.25) is 0 Å². The fourth-order valence-electron chi connectivity index (χ4n) is 2.34. The van der Waals surface area contributed by atoms with E-state index in [1.165, 1.54) is 48.0 Å². The van der Waals surface area contributed by atoms with Crippen molar-refractivity contribution in [3.63, 3.8) is 0 Å². The summed E-state index contributed by atoms with van der Waals surface area (Å²) in [5.74, 6) is 0. The molecule has 1 aromatic carbocycles. The molecule has 3 rings (SSSR count). The molecule has 2 aliphatic rings.